The number of benzene rings is 1. The first-order chi connectivity index (χ1) is 11.2. The molecule has 0 aliphatic carbocycles. The van der Waals surface area contributed by atoms with E-state index in [-0.39, 0.29) is 17.7 Å². The molecule has 0 saturated carbocycles. The molecule has 1 atom stereocenters. The Hall–Kier alpha value is -2.64. The first-order valence-corrected chi connectivity index (χ1v) is 7.22. The fourth-order valence-corrected chi connectivity index (χ4v) is 2.31. The van der Waals surface area contributed by atoms with Crippen LogP contribution in [0.1, 0.15) is 36.8 Å². The minimum atomic E-state index is -4.51. The first kappa shape index (κ1) is 17.7. The molecule has 0 aliphatic heterocycles. The number of aromatic amines is 1. The molecule has 3 N–H and O–H groups in total. The second-order valence-electron chi connectivity index (χ2n) is 5.25. The number of hydrogen-bond donors (Lipinski definition) is 3. The van der Waals surface area contributed by atoms with Crippen LogP contribution in [0.2, 0.25) is 0 Å². The maximum absolute atomic E-state index is 12.8. The number of hydrogen-bond acceptors (Lipinski definition) is 4. The minimum Gasteiger partial charge on any atom is -0.494 e. The number of nitrogens with one attached hydrogen (secondary N) is 1. The van der Waals surface area contributed by atoms with Gasteiger partial charge in [0.1, 0.15) is 0 Å². The molecule has 0 aliphatic rings. The van der Waals surface area contributed by atoms with Gasteiger partial charge >= 0.3 is 12.1 Å². The van der Waals surface area contributed by atoms with Crippen molar-refractivity contribution in [3.63, 3.8) is 0 Å². The van der Waals surface area contributed by atoms with Gasteiger partial charge in [-0.05, 0) is 18.1 Å². The van der Waals surface area contributed by atoms with Gasteiger partial charge in [0.25, 0.3) is 0 Å². The fourth-order valence-electron chi connectivity index (χ4n) is 2.31. The number of carbonyl (C=O) groups is 1. The molecule has 0 amide bonds. The van der Waals surface area contributed by atoms with Crippen LogP contribution in [0.15, 0.2) is 30.3 Å². The Labute approximate surface area is 135 Å². The standard InChI is InChI=1S/C16H16F3NO4/c1-2-4-11(9-5-3-6-10(7-9)16(17,18)19)15(23)24-12-8-13(21)20-14(12)22/h3,5-8,11,20-22H,2,4H2,1H3. The molecule has 0 bridgehead atoms. The summed E-state index contributed by atoms with van der Waals surface area (Å²) in [4.78, 5) is 14.5. The molecule has 0 spiro atoms. The maximum Gasteiger partial charge on any atom is 0.416 e. The molecule has 1 aromatic carbocycles. The van der Waals surface area contributed by atoms with Crippen molar-refractivity contribution < 1.29 is 32.9 Å². The van der Waals surface area contributed by atoms with Crippen LogP contribution in [0, 0.1) is 0 Å². The number of alkyl halides is 3. The summed E-state index contributed by atoms with van der Waals surface area (Å²) in [5, 5.41) is 18.7. The van der Waals surface area contributed by atoms with Gasteiger partial charge in [-0.3, -0.25) is 9.78 Å². The lowest BCUT2D eigenvalue weighted by Crippen LogP contribution is -2.19. The monoisotopic (exact) mass is 343 g/mol. The molecular formula is C16H16F3NO4. The lowest BCUT2D eigenvalue weighted by atomic mass is 9.93. The predicted molar refractivity (Wildman–Crippen MR) is 78.9 cm³/mol. The van der Waals surface area contributed by atoms with Crippen LogP contribution in [0.4, 0.5) is 13.2 Å². The summed E-state index contributed by atoms with van der Waals surface area (Å²) in [6.45, 7) is 1.79. The van der Waals surface area contributed by atoms with E-state index in [1.54, 1.807) is 6.92 Å². The van der Waals surface area contributed by atoms with E-state index in [0.29, 0.717) is 6.42 Å². The predicted octanol–water partition coefficient (Wildman–Crippen LogP) is 3.93. The number of carbonyl (C=O) groups excluding carboxylic acids is 1. The van der Waals surface area contributed by atoms with Gasteiger partial charge in [0.2, 0.25) is 5.88 Å². The van der Waals surface area contributed by atoms with Crippen molar-refractivity contribution in [3.8, 4) is 17.5 Å². The van der Waals surface area contributed by atoms with Gasteiger partial charge < -0.3 is 14.9 Å². The number of aromatic hydroxyl groups is 2. The molecule has 8 heteroatoms. The molecular weight excluding hydrogens is 327 g/mol. The van der Waals surface area contributed by atoms with Gasteiger partial charge in [0.05, 0.1) is 11.5 Å². The topological polar surface area (TPSA) is 82.5 Å². The Kier molecular flexibility index (Phi) is 5.06. The van der Waals surface area contributed by atoms with Crippen LogP contribution in [-0.2, 0) is 11.0 Å². The Morgan fingerprint density at radius 2 is 2.00 bits per heavy atom. The maximum atomic E-state index is 12.8. The van der Waals surface area contributed by atoms with Crippen molar-refractivity contribution in [1.29, 1.82) is 0 Å². The van der Waals surface area contributed by atoms with Crippen molar-refractivity contribution >= 4 is 5.97 Å². The second-order valence-corrected chi connectivity index (χ2v) is 5.25. The normalized spacial score (nSPS) is 12.8. The van der Waals surface area contributed by atoms with Crippen LogP contribution < -0.4 is 4.74 Å². The van der Waals surface area contributed by atoms with Crippen molar-refractivity contribution in [2.24, 2.45) is 0 Å². The van der Waals surface area contributed by atoms with Crippen LogP contribution in [0.3, 0.4) is 0 Å². The van der Waals surface area contributed by atoms with Crippen LogP contribution >= 0.6 is 0 Å². The largest absolute Gasteiger partial charge is 0.494 e. The summed E-state index contributed by atoms with van der Waals surface area (Å²) in [6, 6.07) is 5.49. The van der Waals surface area contributed by atoms with Gasteiger partial charge in [-0.2, -0.15) is 13.2 Å². The number of halogens is 3. The summed E-state index contributed by atoms with van der Waals surface area (Å²) in [5.41, 5.74) is -0.674. The first-order valence-electron chi connectivity index (χ1n) is 7.22. The Morgan fingerprint density at radius 3 is 2.54 bits per heavy atom. The Bertz CT molecular complexity index is 724. The SMILES string of the molecule is CCCC(C(=O)Oc1cc(O)[nH]c1O)c1cccc(C(F)(F)F)c1. The number of rotatable bonds is 5. The number of esters is 1. The van der Waals surface area contributed by atoms with E-state index in [2.05, 4.69) is 4.98 Å². The summed E-state index contributed by atoms with van der Waals surface area (Å²) in [7, 11) is 0. The average molecular weight is 343 g/mol. The van der Waals surface area contributed by atoms with Crippen LogP contribution in [0.5, 0.6) is 17.5 Å². The molecule has 2 aromatic rings. The number of ether oxygens (including phenoxy) is 1. The fraction of sp³-hybridized carbons (Fsp3) is 0.312. The van der Waals surface area contributed by atoms with E-state index in [1.165, 1.54) is 12.1 Å². The van der Waals surface area contributed by atoms with Crippen molar-refractivity contribution in [1.82, 2.24) is 4.98 Å². The average Bonchev–Trinajstić information content (AvgIpc) is 2.81. The van der Waals surface area contributed by atoms with Crippen molar-refractivity contribution in [2.75, 3.05) is 0 Å². The van der Waals surface area contributed by atoms with E-state index >= 15 is 0 Å². The van der Waals surface area contributed by atoms with Crippen molar-refractivity contribution in [2.45, 2.75) is 31.9 Å². The molecule has 5 nitrogen and oxygen atoms in total. The number of H-pyrrole nitrogens is 1. The zero-order chi connectivity index (χ0) is 17.9. The lowest BCUT2D eigenvalue weighted by Gasteiger charge is -2.17. The summed E-state index contributed by atoms with van der Waals surface area (Å²) < 4.78 is 43.5. The molecule has 1 heterocycles. The van der Waals surface area contributed by atoms with E-state index < -0.39 is 35.4 Å². The smallest absolute Gasteiger partial charge is 0.416 e. The summed E-state index contributed by atoms with van der Waals surface area (Å²) >= 11 is 0. The van der Waals surface area contributed by atoms with E-state index in [1.807, 2.05) is 0 Å². The van der Waals surface area contributed by atoms with Gasteiger partial charge in [0.15, 0.2) is 11.6 Å². The Morgan fingerprint density at radius 1 is 1.29 bits per heavy atom. The zero-order valence-electron chi connectivity index (χ0n) is 12.7. The van der Waals surface area contributed by atoms with Crippen LogP contribution in [0.25, 0.3) is 0 Å². The van der Waals surface area contributed by atoms with Gasteiger partial charge in [-0.15, -0.1) is 0 Å². The van der Waals surface area contributed by atoms with Gasteiger partial charge in [0, 0.05) is 6.07 Å². The van der Waals surface area contributed by atoms with Gasteiger partial charge in [-0.1, -0.05) is 31.5 Å². The third-order valence-corrected chi connectivity index (χ3v) is 3.44. The number of aromatic nitrogens is 1. The molecule has 130 valence electrons. The Balaban J connectivity index is 2.28. The lowest BCUT2D eigenvalue weighted by molar-refractivity contribution is -0.139. The minimum absolute atomic E-state index is 0.177. The highest BCUT2D eigenvalue weighted by molar-refractivity contribution is 5.81. The van der Waals surface area contributed by atoms with E-state index in [0.717, 1.165) is 18.2 Å². The van der Waals surface area contributed by atoms with Crippen LogP contribution in [-0.4, -0.2) is 21.2 Å². The molecule has 0 saturated heterocycles. The molecule has 1 unspecified atom stereocenters. The highest BCUT2D eigenvalue weighted by atomic mass is 19.4. The van der Waals surface area contributed by atoms with Crippen molar-refractivity contribution in [3.05, 3.63) is 41.5 Å². The third kappa shape index (κ3) is 4.01. The van der Waals surface area contributed by atoms with Gasteiger partial charge in [-0.25, -0.2) is 0 Å². The molecule has 1 aromatic heterocycles. The van der Waals surface area contributed by atoms with E-state index in [4.69, 9.17) is 4.74 Å². The second kappa shape index (κ2) is 6.86. The van der Waals surface area contributed by atoms with E-state index in [9.17, 15) is 28.2 Å². The zero-order valence-corrected chi connectivity index (χ0v) is 12.7. The summed E-state index contributed by atoms with van der Waals surface area (Å²) in [5.74, 6) is -2.97. The quantitative estimate of drug-likeness (QED) is 0.718. The molecule has 24 heavy (non-hydrogen) atoms. The summed E-state index contributed by atoms with van der Waals surface area (Å²) in [6.07, 6.45) is -3.70. The highest BCUT2D eigenvalue weighted by Gasteiger charge is 2.32. The highest BCUT2D eigenvalue weighted by Crippen LogP contribution is 2.34. The molecule has 2 rings (SSSR count). The molecule has 0 radical (unpaired) electrons. The molecule has 0 fully saturated rings. The third-order valence-electron chi connectivity index (χ3n) is 3.44.